The number of carbonyl (C=O) groups excluding carboxylic acids is 1. The molecule has 7 nitrogen and oxygen atoms in total. The smallest absolute Gasteiger partial charge is 0.337 e. The van der Waals surface area contributed by atoms with Gasteiger partial charge in [-0.1, -0.05) is 49.7 Å². The molecule has 2 N–H and O–H groups in total. The molecule has 172 valence electrons. The van der Waals surface area contributed by atoms with Crippen LogP contribution >= 0.6 is 0 Å². The highest BCUT2D eigenvalue weighted by atomic mass is 16.5. The fourth-order valence-electron chi connectivity index (χ4n) is 3.55. The molecule has 0 aliphatic rings. The highest BCUT2D eigenvalue weighted by Gasteiger charge is 2.18. The number of anilines is 1. The first-order valence-corrected chi connectivity index (χ1v) is 11.1. The minimum Gasteiger partial charge on any atom is -0.493 e. The fourth-order valence-corrected chi connectivity index (χ4v) is 3.55. The van der Waals surface area contributed by atoms with Crippen LogP contribution in [-0.2, 0) is 0 Å². The number of aromatic carboxylic acids is 1. The number of carbonyl (C=O) groups is 2. The van der Waals surface area contributed by atoms with Crippen molar-refractivity contribution in [1.29, 1.82) is 0 Å². The molecule has 4 aromatic rings. The predicted molar refractivity (Wildman–Crippen MR) is 131 cm³/mol. The van der Waals surface area contributed by atoms with Gasteiger partial charge in [-0.3, -0.25) is 4.79 Å². The summed E-state index contributed by atoms with van der Waals surface area (Å²) in [5, 5.41) is 12.5. The molecule has 1 amide bonds. The first-order valence-electron chi connectivity index (χ1n) is 11.1. The van der Waals surface area contributed by atoms with Crippen molar-refractivity contribution >= 4 is 17.6 Å². The van der Waals surface area contributed by atoms with E-state index >= 15 is 0 Å². The first-order chi connectivity index (χ1) is 16.6. The van der Waals surface area contributed by atoms with Crippen molar-refractivity contribution in [2.45, 2.75) is 19.8 Å². The molecule has 1 aromatic heterocycles. The maximum Gasteiger partial charge on any atom is 0.337 e. The van der Waals surface area contributed by atoms with Crippen LogP contribution in [0, 0.1) is 0 Å². The van der Waals surface area contributed by atoms with E-state index in [2.05, 4.69) is 17.2 Å². The Bertz CT molecular complexity index is 1280. The SMILES string of the molecule is CCCCOc1cc(-n2ccnc2)ccc1C(=O)Nc1cc(-c2ccccc2)ccc1C(=O)O. The van der Waals surface area contributed by atoms with E-state index in [0.717, 1.165) is 29.7 Å². The molecule has 0 saturated carbocycles. The number of carboxylic acid groups (broad SMARTS) is 1. The van der Waals surface area contributed by atoms with E-state index in [4.69, 9.17) is 4.74 Å². The van der Waals surface area contributed by atoms with E-state index in [1.165, 1.54) is 6.07 Å². The second kappa shape index (κ2) is 10.5. The molecule has 34 heavy (non-hydrogen) atoms. The number of ether oxygens (including phenoxy) is 1. The minimum absolute atomic E-state index is 0.0107. The highest BCUT2D eigenvalue weighted by Crippen LogP contribution is 2.28. The van der Waals surface area contributed by atoms with Gasteiger partial charge >= 0.3 is 5.97 Å². The number of carboxylic acids is 1. The van der Waals surface area contributed by atoms with Crippen LogP contribution in [0.25, 0.3) is 16.8 Å². The Hall–Kier alpha value is -4.39. The lowest BCUT2D eigenvalue weighted by atomic mass is 10.0. The number of nitrogens with zero attached hydrogens (tertiary/aromatic N) is 2. The number of aromatic nitrogens is 2. The van der Waals surface area contributed by atoms with Crippen molar-refractivity contribution < 1.29 is 19.4 Å². The van der Waals surface area contributed by atoms with Crippen LogP contribution in [0.2, 0.25) is 0 Å². The molecule has 1 heterocycles. The van der Waals surface area contributed by atoms with Crippen LogP contribution in [-0.4, -0.2) is 33.1 Å². The molecule has 7 heteroatoms. The van der Waals surface area contributed by atoms with Gasteiger partial charge in [0, 0.05) is 18.5 Å². The lowest BCUT2D eigenvalue weighted by Crippen LogP contribution is -2.16. The third-order valence-corrected chi connectivity index (χ3v) is 5.37. The molecule has 0 fully saturated rings. The molecular weight excluding hydrogens is 430 g/mol. The van der Waals surface area contributed by atoms with Crippen molar-refractivity contribution in [3.8, 4) is 22.6 Å². The monoisotopic (exact) mass is 455 g/mol. The molecule has 0 spiro atoms. The maximum atomic E-state index is 13.3. The number of amides is 1. The van der Waals surface area contributed by atoms with Crippen molar-refractivity contribution in [2.24, 2.45) is 0 Å². The van der Waals surface area contributed by atoms with Crippen LogP contribution in [0.4, 0.5) is 5.69 Å². The van der Waals surface area contributed by atoms with Crippen LogP contribution < -0.4 is 10.1 Å². The second-order valence-corrected chi connectivity index (χ2v) is 7.74. The molecule has 4 rings (SSSR count). The van der Waals surface area contributed by atoms with Gasteiger partial charge in [-0.2, -0.15) is 0 Å². The van der Waals surface area contributed by atoms with Crippen molar-refractivity contribution in [2.75, 3.05) is 11.9 Å². The summed E-state index contributed by atoms with van der Waals surface area (Å²) < 4.78 is 7.75. The standard InChI is InChI=1S/C27H25N3O4/c1-2-3-15-34-25-17-21(30-14-13-28-18-30)10-12-23(25)26(31)29-24-16-20(9-11-22(24)27(32)33)19-7-5-4-6-8-19/h4-14,16-18H,2-3,15H2,1H3,(H,29,31)(H,32,33). The Labute approximate surface area is 197 Å². The zero-order chi connectivity index (χ0) is 23.9. The third kappa shape index (κ3) is 5.15. The van der Waals surface area contributed by atoms with Gasteiger partial charge in [0.05, 0.1) is 35.4 Å². The van der Waals surface area contributed by atoms with Crippen molar-refractivity contribution in [1.82, 2.24) is 9.55 Å². The molecule has 0 atom stereocenters. The van der Waals surface area contributed by atoms with Gasteiger partial charge in [-0.05, 0) is 41.8 Å². The molecule has 0 radical (unpaired) electrons. The molecule has 0 aliphatic carbocycles. The van der Waals surface area contributed by atoms with Gasteiger partial charge in [0.1, 0.15) is 5.75 Å². The summed E-state index contributed by atoms with van der Waals surface area (Å²) in [7, 11) is 0. The van der Waals surface area contributed by atoms with E-state index in [9.17, 15) is 14.7 Å². The van der Waals surface area contributed by atoms with Crippen LogP contribution in [0.1, 0.15) is 40.5 Å². The summed E-state index contributed by atoms with van der Waals surface area (Å²) in [4.78, 5) is 29.2. The van der Waals surface area contributed by atoms with E-state index in [1.54, 1.807) is 49.1 Å². The Kier molecular flexibility index (Phi) is 7.03. The fraction of sp³-hybridized carbons (Fsp3) is 0.148. The van der Waals surface area contributed by atoms with Gasteiger partial charge in [0.15, 0.2) is 0 Å². The second-order valence-electron chi connectivity index (χ2n) is 7.74. The zero-order valence-corrected chi connectivity index (χ0v) is 18.8. The Morgan fingerprint density at radius 2 is 1.79 bits per heavy atom. The Morgan fingerprint density at radius 3 is 2.50 bits per heavy atom. The summed E-state index contributed by atoms with van der Waals surface area (Å²) in [6.07, 6.45) is 6.94. The quantitative estimate of drug-likeness (QED) is 0.317. The van der Waals surface area contributed by atoms with Crippen LogP contribution in [0.3, 0.4) is 0 Å². The van der Waals surface area contributed by atoms with Crippen LogP contribution in [0.15, 0.2) is 85.5 Å². The zero-order valence-electron chi connectivity index (χ0n) is 18.8. The minimum atomic E-state index is -1.12. The lowest BCUT2D eigenvalue weighted by Gasteiger charge is -2.15. The number of hydrogen-bond acceptors (Lipinski definition) is 4. The average molecular weight is 456 g/mol. The number of nitrogens with one attached hydrogen (secondary N) is 1. The predicted octanol–water partition coefficient (Wildman–Crippen LogP) is 5.67. The topological polar surface area (TPSA) is 93.5 Å². The number of hydrogen-bond donors (Lipinski definition) is 2. The number of rotatable bonds is 9. The number of unbranched alkanes of at least 4 members (excludes halogenated alkanes) is 1. The van der Waals surface area contributed by atoms with Gasteiger partial charge in [0.25, 0.3) is 5.91 Å². The first kappa shape index (κ1) is 22.8. The molecule has 0 saturated heterocycles. The van der Waals surface area contributed by atoms with Crippen LogP contribution in [0.5, 0.6) is 5.75 Å². The van der Waals surface area contributed by atoms with Gasteiger partial charge in [0.2, 0.25) is 0 Å². The largest absolute Gasteiger partial charge is 0.493 e. The number of benzene rings is 3. The average Bonchev–Trinajstić information content (AvgIpc) is 3.39. The maximum absolute atomic E-state index is 13.3. The van der Waals surface area contributed by atoms with E-state index in [1.807, 2.05) is 34.9 Å². The van der Waals surface area contributed by atoms with E-state index < -0.39 is 11.9 Å². The summed E-state index contributed by atoms with van der Waals surface area (Å²) in [6, 6.07) is 19.7. The van der Waals surface area contributed by atoms with E-state index in [-0.39, 0.29) is 11.3 Å². The number of imidazole rings is 1. The summed E-state index contributed by atoms with van der Waals surface area (Å²) in [6.45, 7) is 2.53. The summed E-state index contributed by atoms with van der Waals surface area (Å²) in [5.41, 5.74) is 3.08. The van der Waals surface area contributed by atoms with Crippen molar-refractivity contribution in [3.63, 3.8) is 0 Å². The molecule has 0 bridgehead atoms. The molecule has 0 aliphatic heterocycles. The summed E-state index contributed by atoms with van der Waals surface area (Å²) in [5.74, 6) is -1.14. The van der Waals surface area contributed by atoms with Gasteiger partial charge in [-0.15, -0.1) is 0 Å². The van der Waals surface area contributed by atoms with Crippen molar-refractivity contribution in [3.05, 3.63) is 96.6 Å². The van der Waals surface area contributed by atoms with Gasteiger partial charge in [-0.25, -0.2) is 9.78 Å². The molecular formula is C27H25N3O4. The molecule has 0 unspecified atom stereocenters. The summed E-state index contributed by atoms with van der Waals surface area (Å²) >= 11 is 0. The normalized spacial score (nSPS) is 10.6. The van der Waals surface area contributed by atoms with Gasteiger partial charge < -0.3 is 19.7 Å². The Balaban J connectivity index is 1.68. The molecule has 3 aromatic carbocycles. The highest BCUT2D eigenvalue weighted by molar-refractivity contribution is 6.09. The Morgan fingerprint density at radius 1 is 1.00 bits per heavy atom. The van der Waals surface area contributed by atoms with E-state index in [0.29, 0.717) is 17.9 Å². The lowest BCUT2D eigenvalue weighted by molar-refractivity contribution is 0.0698. The third-order valence-electron chi connectivity index (χ3n) is 5.37.